The maximum atomic E-state index is 11.9. The van der Waals surface area contributed by atoms with Crippen molar-refractivity contribution in [1.29, 1.82) is 0 Å². The summed E-state index contributed by atoms with van der Waals surface area (Å²) in [4.78, 5) is 11.9. The Balaban J connectivity index is 2.04. The van der Waals surface area contributed by atoms with Crippen molar-refractivity contribution < 1.29 is 9.90 Å². The highest BCUT2D eigenvalue weighted by Crippen LogP contribution is 2.22. The molecule has 0 unspecified atom stereocenters. The Hall–Kier alpha value is -1.35. The number of aryl methyl sites for hydroxylation is 2. The Morgan fingerprint density at radius 2 is 2.18 bits per heavy atom. The van der Waals surface area contributed by atoms with E-state index in [2.05, 4.69) is 11.4 Å². The van der Waals surface area contributed by atoms with E-state index in [1.807, 2.05) is 19.1 Å². The molecule has 0 radical (unpaired) electrons. The van der Waals surface area contributed by atoms with Crippen LogP contribution < -0.4 is 5.32 Å². The fraction of sp³-hybridized carbons (Fsp3) is 0.500. The molecule has 0 heterocycles. The second-order valence-corrected chi connectivity index (χ2v) is 4.72. The van der Waals surface area contributed by atoms with E-state index in [1.165, 1.54) is 17.5 Å². The van der Waals surface area contributed by atoms with E-state index < -0.39 is 0 Å². The number of nitrogens with one attached hydrogen (secondary N) is 1. The van der Waals surface area contributed by atoms with Crippen molar-refractivity contribution in [3.63, 3.8) is 0 Å². The molecule has 1 aliphatic carbocycles. The van der Waals surface area contributed by atoms with Crippen LogP contribution in [0.4, 0.5) is 0 Å². The van der Waals surface area contributed by atoms with Gasteiger partial charge in [-0.05, 0) is 55.9 Å². The molecule has 1 atom stereocenters. The molecule has 2 N–H and O–H groups in total. The van der Waals surface area contributed by atoms with Crippen molar-refractivity contribution in [3.8, 4) is 0 Å². The number of benzene rings is 1. The van der Waals surface area contributed by atoms with Gasteiger partial charge in [-0.1, -0.05) is 6.07 Å². The summed E-state index contributed by atoms with van der Waals surface area (Å²) in [5.74, 6) is -0.0411. The Kier molecular flexibility index (Phi) is 3.79. The topological polar surface area (TPSA) is 49.3 Å². The molecule has 92 valence electrons. The second kappa shape index (κ2) is 5.32. The van der Waals surface area contributed by atoms with E-state index in [0.717, 1.165) is 18.4 Å². The highest BCUT2D eigenvalue weighted by molar-refractivity contribution is 5.94. The molecule has 1 aromatic rings. The Labute approximate surface area is 102 Å². The van der Waals surface area contributed by atoms with Gasteiger partial charge < -0.3 is 10.4 Å². The monoisotopic (exact) mass is 233 g/mol. The standard InChI is InChI=1S/C14H19NO2/c1-10(7-8-16)15-14(17)13-6-5-11-3-2-4-12(11)9-13/h5-6,9-10,16H,2-4,7-8H2,1H3,(H,15,17)/t10-/m1/s1. The van der Waals surface area contributed by atoms with Crippen molar-refractivity contribution in [2.75, 3.05) is 6.61 Å². The third-order valence-electron chi connectivity index (χ3n) is 3.30. The second-order valence-electron chi connectivity index (χ2n) is 4.72. The van der Waals surface area contributed by atoms with Gasteiger partial charge in [0.05, 0.1) is 0 Å². The van der Waals surface area contributed by atoms with Crippen LogP contribution >= 0.6 is 0 Å². The third kappa shape index (κ3) is 2.86. The molecule has 0 fully saturated rings. The van der Waals surface area contributed by atoms with Crippen LogP contribution in [-0.4, -0.2) is 23.7 Å². The Morgan fingerprint density at radius 1 is 1.41 bits per heavy atom. The van der Waals surface area contributed by atoms with E-state index in [-0.39, 0.29) is 18.6 Å². The minimum Gasteiger partial charge on any atom is -0.396 e. The van der Waals surface area contributed by atoms with Gasteiger partial charge in [0.15, 0.2) is 0 Å². The zero-order valence-electron chi connectivity index (χ0n) is 10.2. The summed E-state index contributed by atoms with van der Waals surface area (Å²) in [5.41, 5.74) is 3.42. The van der Waals surface area contributed by atoms with Gasteiger partial charge in [-0.3, -0.25) is 4.79 Å². The number of hydrogen-bond donors (Lipinski definition) is 2. The van der Waals surface area contributed by atoms with Crippen LogP contribution in [0.5, 0.6) is 0 Å². The zero-order valence-corrected chi connectivity index (χ0v) is 10.2. The van der Waals surface area contributed by atoms with Crippen molar-refractivity contribution in [3.05, 3.63) is 34.9 Å². The van der Waals surface area contributed by atoms with Gasteiger partial charge in [-0.2, -0.15) is 0 Å². The highest BCUT2D eigenvalue weighted by Gasteiger charge is 2.14. The van der Waals surface area contributed by atoms with Crippen LogP contribution in [0.1, 0.15) is 41.3 Å². The summed E-state index contributed by atoms with van der Waals surface area (Å²) in [6.45, 7) is 2.01. The quantitative estimate of drug-likeness (QED) is 0.831. The number of amides is 1. The van der Waals surface area contributed by atoms with Crippen LogP contribution in [0.3, 0.4) is 0 Å². The number of hydrogen-bond acceptors (Lipinski definition) is 2. The van der Waals surface area contributed by atoms with Crippen molar-refractivity contribution in [2.24, 2.45) is 0 Å². The lowest BCUT2D eigenvalue weighted by Crippen LogP contribution is -2.33. The normalized spacial score (nSPS) is 15.4. The minimum absolute atomic E-state index is 0.0146. The molecule has 0 aliphatic heterocycles. The molecule has 3 nitrogen and oxygen atoms in total. The number of aliphatic hydroxyl groups is 1. The lowest BCUT2D eigenvalue weighted by molar-refractivity contribution is 0.0934. The molecule has 1 aromatic carbocycles. The maximum absolute atomic E-state index is 11.9. The van der Waals surface area contributed by atoms with Gasteiger partial charge >= 0.3 is 0 Å². The largest absolute Gasteiger partial charge is 0.396 e. The summed E-state index contributed by atoms with van der Waals surface area (Å²) in [5, 5.41) is 11.7. The van der Waals surface area contributed by atoms with E-state index in [9.17, 15) is 4.79 Å². The lowest BCUT2D eigenvalue weighted by Gasteiger charge is -2.13. The van der Waals surface area contributed by atoms with E-state index in [0.29, 0.717) is 6.42 Å². The molecule has 2 rings (SSSR count). The van der Waals surface area contributed by atoms with Gasteiger partial charge in [0.25, 0.3) is 5.91 Å². The van der Waals surface area contributed by atoms with Crippen molar-refractivity contribution in [1.82, 2.24) is 5.32 Å². The number of fused-ring (bicyclic) bond motifs is 1. The average Bonchev–Trinajstić information content (AvgIpc) is 2.75. The number of rotatable bonds is 4. The van der Waals surface area contributed by atoms with Gasteiger partial charge in [0, 0.05) is 18.2 Å². The highest BCUT2D eigenvalue weighted by atomic mass is 16.3. The summed E-state index contributed by atoms with van der Waals surface area (Å²) in [6, 6.07) is 5.98. The predicted molar refractivity (Wildman–Crippen MR) is 67.1 cm³/mol. The van der Waals surface area contributed by atoms with Gasteiger partial charge in [-0.15, -0.1) is 0 Å². The lowest BCUT2D eigenvalue weighted by atomic mass is 10.1. The number of aliphatic hydroxyl groups excluding tert-OH is 1. The molecule has 0 spiro atoms. The molecule has 0 saturated heterocycles. The fourth-order valence-electron chi connectivity index (χ4n) is 2.29. The molecule has 3 heteroatoms. The molecular formula is C14H19NO2. The predicted octanol–water partition coefficient (Wildman–Crippen LogP) is 1.68. The molecule has 17 heavy (non-hydrogen) atoms. The maximum Gasteiger partial charge on any atom is 0.251 e. The first-order valence-corrected chi connectivity index (χ1v) is 6.24. The van der Waals surface area contributed by atoms with Crippen molar-refractivity contribution in [2.45, 2.75) is 38.6 Å². The van der Waals surface area contributed by atoms with E-state index in [1.54, 1.807) is 0 Å². The number of carbonyl (C=O) groups is 1. The van der Waals surface area contributed by atoms with Crippen LogP contribution in [0.25, 0.3) is 0 Å². The summed E-state index contributed by atoms with van der Waals surface area (Å²) in [6.07, 6.45) is 4.01. The molecule has 0 saturated carbocycles. The Bertz CT molecular complexity index is 415. The van der Waals surface area contributed by atoms with E-state index in [4.69, 9.17) is 5.11 Å². The van der Waals surface area contributed by atoms with Crippen LogP contribution in [0.2, 0.25) is 0 Å². The van der Waals surface area contributed by atoms with Crippen LogP contribution in [0, 0.1) is 0 Å². The molecule has 1 aliphatic rings. The molecule has 0 aromatic heterocycles. The first-order chi connectivity index (χ1) is 8.20. The zero-order chi connectivity index (χ0) is 12.3. The van der Waals surface area contributed by atoms with Crippen LogP contribution in [0.15, 0.2) is 18.2 Å². The summed E-state index contributed by atoms with van der Waals surface area (Å²) < 4.78 is 0. The molecule has 0 bridgehead atoms. The molecule has 1 amide bonds. The first kappa shape index (κ1) is 12.1. The SMILES string of the molecule is C[C@H](CCO)NC(=O)c1ccc2c(c1)CCC2. The fourth-order valence-corrected chi connectivity index (χ4v) is 2.29. The van der Waals surface area contributed by atoms with E-state index >= 15 is 0 Å². The third-order valence-corrected chi connectivity index (χ3v) is 3.30. The minimum atomic E-state index is -0.0411. The number of carbonyl (C=O) groups excluding carboxylic acids is 1. The average molecular weight is 233 g/mol. The van der Waals surface area contributed by atoms with Gasteiger partial charge in [0.1, 0.15) is 0 Å². The summed E-state index contributed by atoms with van der Waals surface area (Å²) in [7, 11) is 0. The molecular weight excluding hydrogens is 214 g/mol. The van der Waals surface area contributed by atoms with Gasteiger partial charge in [-0.25, -0.2) is 0 Å². The first-order valence-electron chi connectivity index (χ1n) is 6.24. The van der Waals surface area contributed by atoms with Gasteiger partial charge in [0.2, 0.25) is 0 Å². The van der Waals surface area contributed by atoms with Crippen LogP contribution in [-0.2, 0) is 12.8 Å². The summed E-state index contributed by atoms with van der Waals surface area (Å²) >= 11 is 0. The Morgan fingerprint density at radius 3 is 2.94 bits per heavy atom. The smallest absolute Gasteiger partial charge is 0.251 e. The van der Waals surface area contributed by atoms with Crippen molar-refractivity contribution >= 4 is 5.91 Å².